The van der Waals surface area contributed by atoms with Crippen LogP contribution in [0.2, 0.25) is 5.02 Å². The molecule has 0 bridgehead atoms. The van der Waals surface area contributed by atoms with Crippen molar-refractivity contribution in [3.8, 4) is 0 Å². The van der Waals surface area contributed by atoms with E-state index >= 15 is 0 Å². The van der Waals surface area contributed by atoms with Crippen LogP contribution in [0.4, 0.5) is 5.69 Å². The fourth-order valence-corrected chi connectivity index (χ4v) is 2.21. The number of aldehydes is 1. The van der Waals surface area contributed by atoms with E-state index in [4.69, 9.17) is 11.6 Å². The molecule has 20 heavy (non-hydrogen) atoms. The van der Waals surface area contributed by atoms with Gasteiger partial charge < -0.3 is 4.90 Å². The topological polar surface area (TPSA) is 20.3 Å². The third kappa shape index (κ3) is 3.09. The van der Waals surface area contributed by atoms with Gasteiger partial charge in [0.1, 0.15) is 0 Å². The maximum atomic E-state index is 11.1. The first-order valence-electron chi connectivity index (χ1n) is 6.34. The molecule has 0 aliphatic carbocycles. The molecule has 0 fully saturated rings. The number of rotatable bonds is 4. The van der Waals surface area contributed by atoms with Crippen LogP contribution in [0, 0.1) is 0 Å². The molecule has 2 aromatic carbocycles. The molecular formula is C17H16ClNO. The van der Waals surface area contributed by atoms with Gasteiger partial charge in [0.05, 0.1) is 5.02 Å². The quantitative estimate of drug-likeness (QED) is 0.762. The van der Waals surface area contributed by atoms with Crippen molar-refractivity contribution >= 4 is 29.7 Å². The van der Waals surface area contributed by atoms with E-state index < -0.39 is 0 Å². The van der Waals surface area contributed by atoms with E-state index in [0.29, 0.717) is 10.6 Å². The molecule has 2 nitrogen and oxygen atoms in total. The Morgan fingerprint density at radius 3 is 2.45 bits per heavy atom. The zero-order valence-corrected chi connectivity index (χ0v) is 12.3. The number of carbonyl (C=O) groups excluding carboxylic acids is 1. The molecule has 0 aromatic heterocycles. The number of halogens is 1. The molecule has 0 radical (unpaired) electrons. The number of benzene rings is 2. The Bertz CT molecular complexity index is 635. The molecule has 0 N–H and O–H groups in total. The predicted octanol–water partition coefficient (Wildman–Crippen LogP) is 4.65. The zero-order valence-electron chi connectivity index (χ0n) is 11.5. The van der Waals surface area contributed by atoms with Crippen molar-refractivity contribution in [2.75, 3.05) is 11.9 Å². The molecule has 2 aromatic rings. The van der Waals surface area contributed by atoms with Crippen molar-refractivity contribution in [3.05, 3.63) is 70.4 Å². The van der Waals surface area contributed by atoms with E-state index in [2.05, 4.69) is 4.90 Å². The number of anilines is 1. The monoisotopic (exact) mass is 285 g/mol. The molecule has 3 heteroatoms. The number of nitrogens with zero attached hydrogens (tertiary/aromatic N) is 1. The minimum Gasteiger partial charge on any atom is -0.348 e. The molecule has 0 saturated heterocycles. The number of carbonyl (C=O) groups is 1. The highest BCUT2D eigenvalue weighted by Crippen LogP contribution is 2.23. The summed E-state index contributed by atoms with van der Waals surface area (Å²) in [7, 11) is 1.99. The molecule has 0 unspecified atom stereocenters. The van der Waals surface area contributed by atoms with Gasteiger partial charge in [-0.25, -0.2) is 0 Å². The largest absolute Gasteiger partial charge is 0.348 e. The zero-order chi connectivity index (χ0) is 14.5. The second kappa shape index (κ2) is 6.40. The summed E-state index contributed by atoms with van der Waals surface area (Å²) in [5, 5.41) is 0.476. The summed E-state index contributed by atoms with van der Waals surface area (Å²) in [6.07, 6.45) is 2.76. The van der Waals surface area contributed by atoms with E-state index in [0.717, 1.165) is 23.2 Å². The molecule has 0 heterocycles. The van der Waals surface area contributed by atoms with Crippen molar-refractivity contribution in [2.45, 2.75) is 6.92 Å². The van der Waals surface area contributed by atoms with Gasteiger partial charge in [-0.3, -0.25) is 4.79 Å². The number of allylic oxidation sites excluding steroid dienone is 1. The molecule has 0 amide bonds. The molecule has 0 aliphatic rings. The summed E-state index contributed by atoms with van der Waals surface area (Å²) in [6.45, 7) is 2.00. The average molecular weight is 286 g/mol. The number of hydrogen-bond donors (Lipinski definition) is 0. The molecule has 0 atom stereocenters. The second-order valence-corrected chi connectivity index (χ2v) is 4.95. The Hall–Kier alpha value is -2.06. The van der Waals surface area contributed by atoms with E-state index in [1.807, 2.05) is 62.5 Å². The van der Waals surface area contributed by atoms with Crippen LogP contribution in [-0.2, 0) is 0 Å². The lowest BCUT2D eigenvalue weighted by Crippen LogP contribution is -2.13. The van der Waals surface area contributed by atoms with E-state index in [1.54, 1.807) is 6.07 Å². The van der Waals surface area contributed by atoms with Gasteiger partial charge in [0.15, 0.2) is 6.29 Å². The molecule has 0 spiro atoms. The van der Waals surface area contributed by atoms with Crippen molar-refractivity contribution in [3.63, 3.8) is 0 Å². The van der Waals surface area contributed by atoms with Crippen LogP contribution in [0.1, 0.15) is 22.8 Å². The molecule has 2 rings (SSSR count). The first-order valence-corrected chi connectivity index (χ1v) is 6.72. The first-order chi connectivity index (χ1) is 9.63. The van der Waals surface area contributed by atoms with Crippen LogP contribution in [0.3, 0.4) is 0 Å². The van der Waals surface area contributed by atoms with Gasteiger partial charge in [-0.1, -0.05) is 41.9 Å². The smallest absolute Gasteiger partial charge is 0.152 e. The SMILES string of the molecule is C/C(=C/c1cccc(Cl)c1C=O)N(C)c1ccccc1. The van der Waals surface area contributed by atoms with Gasteiger partial charge in [-0.15, -0.1) is 0 Å². The predicted molar refractivity (Wildman–Crippen MR) is 85.3 cm³/mol. The second-order valence-electron chi connectivity index (χ2n) is 4.54. The Balaban J connectivity index is 2.36. The molecule has 0 aliphatic heterocycles. The highest BCUT2D eigenvalue weighted by Gasteiger charge is 2.06. The van der Waals surface area contributed by atoms with Crippen LogP contribution in [0.15, 0.2) is 54.2 Å². The summed E-state index contributed by atoms with van der Waals surface area (Å²) in [4.78, 5) is 13.2. The maximum Gasteiger partial charge on any atom is 0.152 e. The van der Waals surface area contributed by atoms with Crippen LogP contribution in [0.25, 0.3) is 6.08 Å². The van der Waals surface area contributed by atoms with Crippen molar-refractivity contribution in [1.82, 2.24) is 0 Å². The Labute approximate surface area is 124 Å². The third-order valence-electron chi connectivity index (χ3n) is 3.24. The Kier molecular flexibility index (Phi) is 4.59. The molecule has 102 valence electrons. The Morgan fingerprint density at radius 1 is 1.10 bits per heavy atom. The van der Waals surface area contributed by atoms with Crippen molar-refractivity contribution < 1.29 is 4.79 Å². The Morgan fingerprint density at radius 2 is 1.80 bits per heavy atom. The lowest BCUT2D eigenvalue weighted by atomic mass is 10.1. The summed E-state index contributed by atoms with van der Waals surface area (Å²) in [5.74, 6) is 0. The molecule has 0 saturated carbocycles. The third-order valence-corrected chi connectivity index (χ3v) is 3.57. The van der Waals surface area contributed by atoms with Gasteiger partial charge in [-0.2, -0.15) is 0 Å². The fraction of sp³-hybridized carbons (Fsp3) is 0.118. The maximum absolute atomic E-state index is 11.1. The highest BCUT2D eigenvalue weighted by molar-refractivity contribution is 6.33. The highest BCUT2D eigenvalue weighted by atomic mass is 35.5. The standard InChI is InChI=1S/C17H16ClNO/c1-13(19(2)15-8-4-3-5-9-15)11-14-7-6-10-17(18)16(14)12-20/h3-12H,1-2H3/b13-11-. The summed E-state index contributed by atoms with van der Waals surface area (Å²) in [5.41, 5.74) is 3.47. The van der Waals surface area contributed by atoms with Crippen molar-refractivity contribution in [1.29, 1.82) is 0 Å². The van der Waals surface area contributed by atoms with Gasteiger partial charge in [0.2, 0.25) is 0 Å². The van der Waals surface area contributed by atoms with Crippen LogP contribution >= 0.6 is 11.6 Å². The fourth-order valence-electron chi connectivity index (χ4n) is 1.98. The van der Waals surface area contributed by atoms with Gasteiger partial charge >= 0.3 is 0 Å². The van der Waals surface area contributed by atoms with E-state index in [9.17, 15) is 4.79 Å². The number of para-hydroxylation sites is 1. The van der Waals surface area contributed by atoms with Crippen molar-refractivity contribution in [2.24, 2.45) is 0 Å². The van der Waals surface area contributed by atoms with Crippen LogP contribution in [0.5, 0.6) is 0 Å². The minimum absolute atomic E-state index is 0.476. The first kappa shape index (κ1) is 14.4. The van der Waals surface area contributed by atoms with E-state index in [1.165, 1.54) is 0 Å². The van der Waals surface area contributed by atoms with Gasteiger partial charge in [-0.05, 0) is 36.8 Å². The van der Waals surface area contributed by atoms with Crippen LogP contribution in [-0.4, -0.2) is 13.3 Å². The van der Waals surface area contributed by atoms with Crippen LogP contribution < -0.4 is 4.90 Å². The average Bonchev–Trinajstić information content (AvgIpc) is 2.47. The van der Waals surface area contributed by atoms with Gasteiger partial charge in [0.25, 0.3) is 0 Å². The minimum atomic E-state index is 0.476. The van der Waals surface area contributed by atoms with Gasteiger partial charge in [0, 0.05) is 24.0 Å². The van der Waals surface area contributed by atoms with E-state index in [-0.39, 0.29) is 0 Å². The lowest BCUT2D eigenvalue weighted by molar-refractivity contribution is 0.112. The summed E-state index contributed by atoms with van der Waals surface area (Å²) >= 11 is 6.04. The lowest BCUT2D eigenvalue weighted by Gasteiger charge is -2.20. The normalized spacial score (nSPS) is 11.2. The summed E-state index contributed by atoms with van der Waals surface area (Å²) < 4.78 is 0. The summed E-state index contributed by atoms with van der Waals surface area (Å²) in [6, 6.07) is 15.5. The number of hydrogen-bond acceptors (Lipinski definition) is 2. The molecular weight excluding hydrogens is 270 g/mol.